The van der Waals surface area contributed by atoms with E-state index in [1.54, 1.807) is 12.1 Å². The summed E-state index contributed by atoms with van der Waals surface area (Å²) >= 11 is 0. The number of aromatic hydroxyl groups is 1. The molecule has 0 unspecified atom stereocenters. The van der Waals surface area contributed by atoms with Crippen molar-refractivity contribution < 1.29 is 9.63 Å². The molecule has 3 N–H and O–H groups in total. The zero-order valence-electron chi connectivity index (χ0n) is 8.27. The number of hydrogen-bond acceptors (Lipinski definition) is 5. The third kappa shape index (κ3) is 1.69. The van der Waals surface area contributed by atoms with Gasteiger partial charge in [-0.15, -0.1) is 0 Å². The molecule has 2 rings (SSSR count). The lowest BCUT2D eigenvalue weighted by Crippen LogP contribution is -1.99. The first-order valence-electron chi connectivity index (χ1n) is 4.53. The van der Waals surface area contributed by atoms with Gasteiger partial charge < -0.3 is 15.4 Å². The fourth-order valence-electron chi connectivity index (χ4n) is 1.35. The van der Waals surface area contributed by atoms with E-state index in [4.69, 9.17) is 15.4 Å². The lowest BCUT2D eigenvalue weighted by molar-refractivity contribution is 0.425. The minimum atomic E-state index is 0.115. The molecule has 2 heterocycles. The SMILES string of the molecule is Cc1noc(-c2ccc(O)cn2)c1CN. The van der Waals surface area contributed by atoms with Crippen molar-refractivity contribution in [1.82, 2.24) is 10.1 Å². The highest BCUT2D eigenvalue weighted by molar-refractivity contribution is 5.57. The van der Waals surface area contributed by atoms with Crippen molar-refractivity contribution in [3.63, 3.8) is 0 Å². The number of nitrogens with two attached hydrogens (primary N) is 1. The summed E-state index contributed by atoms with van der Waals surface area (Å²) in [5.74, 6) is 0.680. The van der Waals surface area contributed by atoms with Crippen LogP contribution in [0, 0.1) is 6.92 Å². The van der Waals surface area contributed by atoms with Crippen molar-refractivity contribution in [1.29, 1.82) is 0 Å². The molecule has 0 saturated carbocycles. The first-order chi connectivity index (χ1) is 7.22. The van der Waals surface area contributed by atoms with Crippen LogP contribution in [0.1, 0.15) is 11.3 Å². The summed E-state index contributed by atoms with van der Waals surface area (Å²) in [4.78, 5) is 4.03. The maximum Gasteiger partial charge on any atom is 0.189 e. The summed E-state index contributed by atoms with van der Waals surface area (Å²) in [6, 6.07) is 3.20. The Labute approximate surface area is 86.5 Å². The van der Waals surface area contributed by atoms with Crippen LogP contribution in [0.4, 0.5) is 0 Å². The average Bonchev–Trinajstić information content (AvgIpc) is 2.61. The molecule has 0 saturated heterocycles. The van der Waals surface area contributed by atoms with Crippen molar-refractivity contribution in [3.8, 4) is 17.2 Å². The normalized spacial score (nSPS) is 10.5. The van der Waals surface area contributed by atoms with Gasteiger partial charge in [0.1, 0.15) is 11.4 Å². The Hall–Kier alpha value is -1.88. The molecule has 0 aliphatic carbocycles. The fourth-order valence-corrected chi connectivity index (χ4v) is 1.35. The highest BCUT2D eigenvalue weighted by Gasteiger charge is 2.14. The second kappa shape index (κ2) is 3.70. The van der Waals surface area contributed by atoms with Gasteiger partial charge in [-0.25, -0.2) is 4.98 Å². The van der Waals surface area contributed by atoms with Crippen LogP contribution in [-0.2, 0) is 6.54 Å². The smallest absolute Gasteiger partial charge is 0.189 e. The van der Waals surface area contributed by atoms with E-state index in [1.807, 2.05) is 6.92 Å². The Morgan fingerprint density at radius 1 is 1.47 bits per heavy atom. The first kappa shape index (κ1) is 9.67. The number of pyridine rings is 1. The Morgan fingerprint density at radius 3 is 2.87 bits per heavy atom. The summed E-state index contributed by atoms with van der Waals surface area (Å²) in [7, 11) is 0. The van der Waals surface area contributed by atoms with Gasteiger partial charge >= 0.3 is 0 Å². The van der Waals surface area contributed by atoms with Gasteiger partial charge in [0.25, 0.3) is 0 Å². The lowest BCUT2D eigenvalue weighted by Gasteiger charge is -1.98. The molecule has 0 bridgehead atoms. The molecule has 0 fully saturated rings. The highest BCUT2D eigenvalue weighted by Crippen LogP contribution is 2.24. The number of hydrogen-bond donors (Lipinski definition) is 2. The molecule has 0 aliphatic rings. The largest absolute Gasteiger partial charge is 0.506 e. The van der Waals surface area contributed by atoms with Gasteiger partial charge in [0, 0.05) is 12.1 Å². The molecule has 5 heteroatoms. The first-order valence-corrected chi connectivity index (χ1v) is 4.53. The second-order valence-electron chi connectivity index (χ2n) is 3.18. The van der Waals surface area contributed by atoms with Crippen molar-refractivity contribution in [2.24, 2.45) is 5.73 Å². The standard InChI is InChI=1S/C10H11N3O2/c1-6-8(4-11)10(15-13-6)9-3-2-7(14)5-12-9/h2-3,5,14H,4,11H2,1H3. The van der Waals surface area contributed by atoms with Gasteiger partial charge in [-0.3, -0.25) is 0 Å². The van der Waals surface area contributed by atoms with E-state index in [0.717, 1.165) is 11.3 Å². The molecule has 78 valence electrons. The molecule has 0 radical (unpaired) electrons. The maximum absolute atomic E-state index is 9.10. The minimum Gasteiger partial charge on any atom is -0.506 e. The highest BCUT2D eigenvalue weighted by atomic mass is 16.5. The molecule has 0 amide bonds. The molecule has 5 nitrogen and oxygen atoms in total. The van der Waals surface area contributed by atoms with Gasteiger partial charge in [0.2, 0.25) is 0 Å². The molecule has 0 spiro atoms. The molecule has 2 aromatic rings. The number of aryl methyl sites for hydroxylation is 1. The van der Waals surface area contributed by atoms with E-state index in [2.05, 4.69) is 10.1 Å². The third-order valence-corrected chi connectivity index (χ3v) is 2.17. The Kier molecular flexibility index (Phi) is 2.39. The molecule has 15 heavy (non-hydrogen) atoms. The molecule has 0 atom stereocenters. The van der Waals surface area contributed by atoms with Crippen molar-refractivity contribution in [2.45, 2.75) is 13.5 Å². The van der Waals surface area contributed by atoms with E-state index < -0.39 is 0 Å². The number of aromatic nitrogens is 2. The maximum atomic E-state index is 9.10. The van der Waals surface area contributed by atoms with Crippen LogP contribution >= 0.6 is 0 Å². The zero-order valence-corrected chi connectivity index (χ0v) is 8.27. The summed E-state index contributed by atoms with van der Waals surface area (Å²) in [6.07, 6.45) is 1.35. The van der Waals surface area contributed by atoms with E-state index in [-0.39, 0.29) is 5.75 Å². The van der Waals surface area contributed by atoms with Crippen LogP contribution in [0.15, 0.2) is 22.9 Å². The van der Waals surface area contributed by atoms with Gasteiger partial charge in [-0.05, 0) is 19.1 Å². The van der Waals surface area contributed by atoms with Gasteiger partial charge in [-0.2, -0.15) is 0 Å². The van der Waals surface area contributed by atoms with Crippen molar-refractivity contribution in [3.05, 3.63) is 29.6 Å². The summed E-state index contributed by atoms with van der Waals surface area (Å²) in [6.45, 7) is 2.18. The van der Waals surface area contributed by atoms with E-state index >= 15 is 0 Å². The Balaban J connectivity index is 2.49. The van der Waals surface area contributed by atoms with Crippen LogP contribution in [0.5, 0.6) is 5.75 Å². The van der Waals surface area contributed by atoms with Crippen LogP contribution in [0.3, 0.4) is 0 Å². The van der Waals surface area contributed by atoms with E-state index in [1.165, 1.54) is 6.20 Å². The summed E-state index contributed by atoms with van der Waals surface area (Å²) in [5, 5.41) is 12.9. The van der Waals surface area contributed by atoms with Gasteiger partial charge in [-0.1, -0.05) is 5.16 Å². The minimum absolute atomic E-state index is 0.115. The lowest BCUT2D eigenvalue weighted by atomic mass is 10.1. The Morgan fingerprint density at radius 2 is 2.27 bits per heavy atom. The topological polar surface area (TPSA) is 85.2 Å². The molecule has 0 aromatic carbocycles. The number of rotatable bonds is 2. The molecule has 0 aliphatic heterocycles. The van der Waals surface area contributed by atoms with Gasteiger partial charge in [0.05, 0.1) is 11.9 Å². The predicted molar refractivity (Wildman–Crippen MR) is 54.0 cm³/mol. The predicted octanol–water partition coefficient (Wildman–Crippen LogP) is 1.21. The Bertz CT molecular complexity index is 462. The molecular weight excluding hydrogens is 194 g/mol. The van der Waals surface area contributed by atoms with Crippen LogP contribution in [0.25, 0.3) is 11.5 Å². The van der Waals surface area contributed by atoms with Crippen molar-refractivity contribution in [2.75, 3.05) is 0 Å². The zero-order chi connectivity index (χ0) is 10.8. The van der Waals surface area contributed by atoms with Gasteiger partial charge in [0.15, 0.2) is 5.76 Å². The van der Waals surface area contributed by atoms with Crippen LogP contribution in [0.2, 0.25) is 0 Å². The van der Waals surface area contributed by atoms with E-state index in [9.17, 15) is 0 Å². The van der Waals surface area contributed by atoms with E-state index in [0.29, 0.717) is 18.0 Å². The quantitative estimate of drug-likeness (QED) is 0.769. The summed E-state index contributed by atoms with van der Waals surface area (Å²) < 4.78 is 5.14. The van der Waals surface area contributed by atoms with Crippen molar-refractivity contribution >= 4 is 0 Å². The van der Waals surface area contributed by atoms with Crippen LogP contribution in [-0.4, -0.2) is 15.2 Å². The molecular formula is C10H11N3O2. The fraction of sp³-hybridized carbons (Fsp3) is 0.200. The molecule has 2 aromatic heterocycles. The second-order valence-corrected chi connectivity index (χ2v) is 3.18. The third-order valence-electron chi connectivity index (χ3n) is 2.17. The average molecular weight is 205 g/mol. The summed E-state index contributed by atoms with van der Waals surface area (Å²) in [5.41, 5.74) is 7.81. The van der Waals surface area contributed by atoms with Crippen LogP contribution < -0.4 is 5.73 Å². The number of nitrogens with zero attached hydrogens (tertiary/aromatic N) is 2. The monoisotopic (exact) mass is 205 g/mol.